The lowest BCUT2D eigenvalue weighted by Gasteiger charge is -2.22. The molecule has 0 unspecified atom stereocenters. The maximum atomic E-state index is 14.1. The van der Waals surface area contributed by atoms with Crippen LogP contribution >= 0.6 is 15.9 Å². The zero-order valence-electron chi connectivity index (χ0n) is 15.7. The summed E-state index contributed by atoms with van der Waals surface area (Å²) in [4.78, 5) is 14.4. The molecule has 0 aromatic heterocycles. The molecule has 1 amide bonds. The summed E-state index contributed by atoms with van der Waals surface area (Å²) in [5.74, 6) is -0.758. The van der Waals surface area contributed by atoms with Gasteiger partial charge < -0.3 is 4.90 Å². The maximum absolute atomic E-state index is 14.1. The molecular weight excluding hydrogens is 447 g/mol. The summed E-state index contributed by atoms with van der Waals surface area (Å²) in [6.07, 6.45) is 1.55. The summed E-state index contributed by atoms with van der Waals surface area (Å²) in [6, 6.07) is 9.95. The lowest BCUT2D eigenvalue weighted by atomic mass is 10.1. The van der Waals surface area contributed by atoms with Crippen molar-refractivity contribution in [1.82, 2.24) is 9.62 Å². The van der Waals surface area contributed by atoms with E-state index in [0.29, 0.717) is 15.6 Å². The molecule has 5 nitrogen and oxygen atoms in total. The molecule has 0 aliphatic rings. The summed E-state index contributed by atoms with van der Waals surface area (Å²) in [5.41, 5.74) is 0.672. The molecule has 2 rings (SSSR count). The first-order valence-electron chi connectivity index (χ1n) is 8.60. The molecule has 0 atom stereocenters. The van der Waals surface area contributed by atoms with E-state index in [9.17, 15) is 17.6 Å². The van der Waals surface area contributed by atoms with E-state index >= 15 is 0 Å². The summed E-state index contributed by atoms with van der Waals surface area (Å²) in [6.45, 7) is 7.38. The predicted octanol–water partition coefficient (Wildman–Crippen LogP) is 4.10. The fourth-order valence-corrected chi connectivity index (χ4v) is 4.24. The van der Waals surface area contributed by atoms with Gasteiger partial charge in [-0.3, -0.25) is 4.79 Å². The Balaban J connectivity index is 2.25. The second kappa shape index (κ2) is 9.45. The molecule has 0 radical (unpaired) electrons. The molecule has 150 valence electrons. The average Bonchev–Trinajstić information content (AvgIpc) is 2.63. The van der Waals surface area contributed by atoms with E-state index in [4.69, 9.17) is 0 Å². The summed E-state index contributed by atoms with van der Waals surface area (Å²) < 4.78 is 41.7. The van der Waals surface area contributed by atoms with Crippen molar-refractivity contribution in [2.45, 2.75) is 31.3 Å². The third kappa shape index (κ3) is 5.73. The van der Waals surface area contributed by atoms with E-state index in [1.807, 2.05) is 0 Å². The molecule has 0 aliphatic carbocycles. The van der Waals surface area contributed by atoms with Crippen LogP contribution in [0.1, 0.15) is 29.8 Å². The Labute approximate surface area is 173 Å². The third-order valence-electron chi connectivity index (χ3n) is 3.81. The molecule has 0 fully saturated rings. The highest BCUT2D eigenvalue weighted by molar-refractivity contribution is 9.10. The van der Waals surface area contributed by atoms with Crippen molar-refractivity contribution in [1.29, 1.82) is 0 Å². The number of benzene rings is 2. The number of nitrogens with one attached hydrogen (secondary N) is 1. The molecule has 1 N–H and O–H groups in total. The van der Waals surface area contributed by atoms with E-state index in [0.717, 1.165) is 0 Å². The minimum Gasteiger partial charge on any atom is -0.330 e. The number of hydrogen-bond acceptors (Lipinski definition) is 3. The Kier molecular flexibility index (Phi) is 7.51. The van der Waals surface area contributed by atoms with E-state index < -0.39 is 15.8 Å². The smallest absolute Gasteiger partial charge is 0.254 e. The van der Waals surface area contributed by atoms with Gasteiger partial charge >= 0.3 is 0 Å². The highest BCUT2D eigenvalue weighted by Gasteiger charge is 2.19. The molecule has 0 heterocycles. The van der Waals surface area contributed by atoms with E-state index in [1.54, 1.807) is 32.1 Å². The predicted molar refractivity (Wildman–Crippen MR) is 111 cm³/mol. The SMILES string of the molecule is C=CCN(Cc1cc(Br)ccc1F)C(=O)c1ccc(S(=O)(=O)NC(C)C)cc1. The molecule has 0 bridgehead atoms. The molecule has 0 saturated heterocycles. The van der Waals surface area contributed by atoms with Crippen LogP contribution in [-0.2, 0) is 16.6 Å². The topological polar surface area (TPSA) is 66.5 Å². The van der Waals surface area contributed by atoms with Gasteiger partial charge in [0.2, 0.25) is 10.0 Å². The van der Waals surface area contributed by atoms with Crippen molar-refractivity contribution in [3.8, 4) is 0 Å². The van der Waals surface area contributed by atoms with Crippen molar-refractivity contribution in [2.24, 2.45) is 0 Å². The van der Waals surface area contributed by atoms with Gasteiger partial charge in [-0.05, 0) is 56.3 Å². The number of amides is 1. The fraction of sp³-hybridized carbons (Fsp3) is 0.250. The number of sulfonamides is 1. The largest absolute Gasteiger partial charge is 0.330 e. The first kappa shape index (κ1) is 22.3. The Morgan fingerprint density at radius 3 is 2.46 bits per heavy atom. The first-order valence-corrected chi connectivity index (χ1v) is 10.9. The number of halogens is 2. The first-order chi connectivity index (χ1) is 13.1. The van der Waals surface area contributed by atoms with Crippen LogP contribution in [-0.4, -0.2) is 31.8 Å². The van der Waals surface area contributed by atoms with Gasteiger partial charge in [0.15, 0.2) is 0 Å². The zero-order valence-corrected chi connectivity index (χ0v) is 18.1. The number of carbonyl (C=O) groups is 1. The van der Waals surface area contributed by atoms with Crippen LogP contribution in [0.15, 0.2) is 64.5 Å². The standard InChI is InChI=1S/C20H22BrFN2O3S/c1-4-11-24(13-16-12-17(21)7-10-19(16)22)20(25)15-5-8-18(9-6-15)28(26,27)23-14(2)3/h4-10,12,14,23H,1,11,13H2,2-3H3. The number of rotatable bonds is 8. The quantitative estimate of drug-likeness (QED) is 0.592. The number of nitrogens with zero attached hydrogens (tertiary/aromatic N) is 1. The fourth-order valence-electron chi connectivity index (χ4n) is 2.58. The maximum Gasteiger partial charge on any atom is 0.254 e. The molecule has 2 aromatic rings. The van der Waals surface area contributed by atoms with Crippen LogP contribution in [0.3, 0.4) is 0 Å². The molecule has 2 aromatic carbocycles. The number of hydrogen-bond donors (Lipinski definition) is 1. The number of carbonyl (C=O) groups excluding carboxylic acids is 1. The Bertz CT molecular complexity index is 960. The van der Waals surface area contributed by atoms with Gasteiger partial charge in [-0.25, -0.2) is 17.5 Å². The van der Waals surface area contributed by atoms with E-state index in [1.165, 1.54) is 35.2 Å². The van der Waals surface area contributed by atoms with Gasteiger partial charge in [0.05, 0.1) is 4.90 Å². The normalized spacial score (nSPS) is 11.5. The minimum absolute atomic E-state index is 0.0606. The van der Waals surface area contributed by atoms with Crippen LogP contribution in [0.2, 0.25) is 0 Å². The Hall–Kier alpha value is -2.03. The average molecular weight is 469 g/mol. The van der Waals surface area contributed by atoms with Crippen molar-refractivity contribution in [3.63, 3.8) is 0 Å². The minimum atomic E-state index is -3.64. The van der Waals surface area contributed by atoms with Crippen LogP contribution < -0.4 is 4.72 Å². The molecule has 0 aliphatic heterocycles. The summed E-state index contributed by atoms with van der Waals surface area (Å²) in [7, 11) is -3.64. The van der Waals surface area contributed by atoms with Crippen LogP contribution in [0, 0.1) is 5.82 Å². The molecule has 0 spiro atoms. The van der Waals surface area contributed by atoms with Crippen LogP contribution in [0.25, 0.3) is 0 Å². The van der Waals surface area contributed by atoms with Gasteiger partial charge in [0, 0.05) is 34.7 Å². The molecular formula is C20H22BrFN2O3S. The van der Waals surface area contributed by atoms with Crippen molar-refractivity contribution in [2.75, 3.05) is 6.54 Å². The second-order valence-corrected chi connectivity index (χ2v) is 9.14. The highest BCUT2D eigenvalue weighted by atomic mass is 79.9. The molecule has 0 saturated carbocycles. The van der Waals surface area contributed by atoms with Crippen molar-refractivity contribution >= 4 is 31.9 Å². The summed E-state index contributed by atoms with van der Waals surface area (Å²) >= 11 is 3.30. The Morgan fingerprint density at radius 1 is 1.25 bits per heavy atom. The monoisotopic (exact) mass is 468 g/mol. The third-order valence-corrected chi connectivity index (χ3v) is 5.98. The highest BCUT2D eigenvalue weighted by Crippen LogP contribution is 2.19. The zero-order chi connectivity index (χ0) is 20.9. The second-order valence-electron chi connectivity index (χ2n) is 6.51. The van der Waals surface area contributed by atoms with Crippen LogP contribution in [0.5, 0.6) is 0 Å². The van der Waals surface area contributed by atoms with E-state index in [-0.39, 0.29) is 29.9 Å². The van der Waals surface area contributed by atoms with Gasteiger partial charge in [0.1, 0.15) is 5.82 Å². The van der Waals surface area contributed by atoms with Crippen molar-refractivity contribution < 1.29 is 17.6 Å². The molecule has 28 heavy (non-hydrogen) atoms. The lowest BCUT2D eigenvalue weighted by Crippen LogP contribution is -2.31. The van der Waals surface area contributed by atoms with Crippen LogP contribution in [0.4, 0.5) is 4.39 Å². The summed E-state index contributed by atoms with van der Waals surface area (Å²) in [5, 5.41) is 0. The van der Waals surface area contributed by atoms with Gasteiger partial charge in [-0.2, -0.15) is 0 Å². The van der Waals surface area contributed by atoms with Gasteiger partial charge in [-0.15, -0.1) is 6.58 Å². The Morgan fingerprint density at radius 2 is 1.89 bits per heavy atom. The van der Waals surface area contributed by atoms with E-state index in [2.05, 4.69) is 27.2 Å². The van der Waals surface area contributed by atoms with Gasteiger partial charge in [0.25, 0.3) is 5.91 Å². The van der Waals surface area contributed by atoms with Gasteiger partial charge in [-0.1, -0.05) is 22.0 Å². The van der Waals surface area contributed by atoms with Crippen molar-refractivity contribution in [3.05, 3.63) is 76.5 Å². The molecule has 8 heteroatoms. The lowest BCUT2D eigenvalue weighted by molar-refractivity contribution is 0.0761.